The van der Waals surface area contributed by atoms with Gasteiger partial charge in [0.2, 0.25) is 5.95 Å². The summed E-state index contributed by atoms with van der Waals surface area (Å²) in [6, 6.07) is 12.1. The molecule has 1 aliphatic heterocycles. The molecule has 0 atom stereocenters. The third-order valence-electron chi connectivity index (χ3n) is 3.86. The van der Waals surface area contributed by atoms with E-state index in [0.29, 0.717) is 28.3 Å². The lowest BCUT2D eigenvalue weighted by molar-refractivity contribution is 1.04. The molecule has 124 valence electrons. The van der Waals surface area contributed by atoms with Gasteiger partial charge in [0.25, 0.3) is 0 Å². The molecule has 2 aromatic rings. The quantitative estimate of drug-likeness (QED) is 0.788. The number of thioether (sulfide) groups is 1. The molecule has 0 amide bonds. The summed E-state index contributed by atoms with van der Waals surface area (Å²) in [6.07, 6.45) is 3.97. The minimum Gasteiger partial charge on any atom is -0.351 e. The second-order valence-corrected chi connectivity index (χ2v) is 7.10. The van der Waals surface area contributed by atoms with Gasteiger partial charge in [-0.25, -0.2) is 9.97 Å². The minimum absolute atomic E-state index is 0.464. The van der Waals surface area contributed by atoms with E-state index in [4.69, 9.17) is 11.6 Å². The number of allylic oxidation sites excluding steroid dienone is 1. The molecule has 0 saturated heterocycles. The predicted molar refractivity (Wildman–Crippen MR) is 101 cm³/mol. The van der Waals surface area contributed by atoms with Crippen LogP contribution in [-0.4, -0.2) is 16.0 Å². The van der Waals surface area contributed by atoms with E-state index in [2.05, 4.69) is 26.7 Å². The van der Waals surface area contributed by atoms with Gasteiger partial charge in [-0.05, 0) is 36.6 Å². The lowest BCUT2D eigenvalue weighted by Gasteiger charge is -2.08. The van der Waals surface area contributed by atoms with Crippen molar-refractivity contribution in [1.29, 1.82) is 5.26 Å². The zero-order valence-corrected chi connectivity index (χ0v) is 14.7. The summed E-state index contributed by atoms with van der Waals surface area (Å²) in [5, 5.41) is 19.6. The molecule has 1 saturated carbocycles. The number of rotatable bonds is 4. The largest absolute Gasteiger partial charge is 0.351 e. The van der Waals surface area contributed by atoms with Crippen LogP contribution in [0.5, 0.6) is 0 Å². The predicted octanol–water partition coefficient (Wildman–Crippen LogP) is 4.23. The van der Waals surface area contributed by atoms with Crippen LogP contribution in [0.15, 0.2) is 47.0 Å². The molecule has 25 heavy (non-hydrogen) atoms. The summed E-state index contributed by atoms with van der Waals surface area (Å²) in [4.78, 5) is 8.71. The molecular formula is C18H14ClN5S. The molecule has 0 radical (unpaired) electrons. The van der Waals surface area contributed by atoms with E-state index in [1.54, 1.807) is 12.3 Å². The van der Waals surface area contributed by atoms with Crippen molar-refractivity contribution in [2.45, 2.75) is 18.9 Å². The Bertz CT molecular complexity index is 910. The normalized spacial score (nSPS) is 18.2. The molecule has 0 unspecified atom stereocenters. The first-order chi connectivity index (χ1) is 12.2. The van der Waals surface area contributed by atoms with Gasteiger partial charge < -0.3 is 10.6 Å². The minimum atomic E-state index is 0.464. The Labute approximate surface area is 154 Å². The molecule has 2 N–H and O–H groups in total. The Morgan fingerprint density at radius 3 is 2.80 bits per heavy atom. The lowest BCUT2D eigenvalue weighted by Crippen LogP contribution is -2.09. The maximum atomic E-state index is 9.64. The number of hydrogen-bond acceptors (Lipinski definition) is 6. The lowest BCUT2D eigenvalue weighted by atomic mass is 10.1. The first-order valence-electron chi connectivity index (χ1n) is 7.87. The summed E-state index contributed by atoms with van der Waals surface area (Å²) < 4.78 is 0. The highest BCUT2D eigenvalue weighted by atomic mass is 35.5. The molecule has 2 heterocycles. The smallest absolute Gasteiger partial charge is 0.223 e. The van der Waals surface area contributed by atoms with Crippen LogP contribution in [0.3, 0.4) is 0 Å². The third-order valence-corrected chi connectivity index (χ3v) is 5.01. The Morgan fingerprint density at radius 2 is 2.08 bits per heavy atom. The standard InChI is InChI=1S/C18H14ClN5S/c19-12-3-1-11(2-4-12)16-10-25-17(23-16)14(9-20)15-7-8-21-18(24-15)22-13-5-6-13/h1-4,7-8,10,13,23H,5-6H2,(H,21,22,24)/b17-14+. The van der Waals surface area contributed by atoms with E-state index >= 15 is 0 Å². The van der Waals surface area contributed by atoms with Gasteiger partial charge in [-0.3, -0.25) is 0 Å². The molecule has 4 rings (SSSR count). The number of halogens is 1. The van der Waals surface area contributed by atoms with Crippen molar-refractivity contribution in [3.63, 3.8) is 0 Å². The highest BCUT2D eigenvalue weighted by Crippen LogP contribution is 2.35. The molecule has 7 heteroatoms. The fourth-order valence-corrected chi connectivity index (χ4v) is 3.39. The van der Waals surface area contributed by atoms with Crippen LogP contribution in [0, 0.1) is 11.3 Å². The number of nitriles is 1. The number of nitrogens with one attached hydrogen (secondary N) is 2. The van der Waals surface area contributed by atoms with Crippen LogP contribution < -0.4 is 10.6 Å². The van der Waals surface area contributed by atoms with Gasteiger partial charge in [0, 0.05) is 22.7 Å². The summed E-state index contributed by atoms with van der Waals surface area (Å²) in [6.45, 7) is 0. The Morgan fingerprint density at radius 1 is 1.28 bits per heavy atom. The van der Waals surface area contributed by atoms with Crippen LogP contribution in [0.25, 0.3) is 11.3 Å². The van der Waals surface area contributed by atoms with E-state index in [1.807, 2.05) is 29.7 Å². The molecule has 5 nitrogen and oxygen atoms in total. The third kappa shape index (κ3) is 3.63. The molecular weight excluding hydrogens is 354 g/mol. The van der Waals surface area contributed by atoms with E-state index in [-0.39, 0.29) is 0 Å². The van der Waals surface area contributed by atoms with E-state index in [0.717, 1.165) is 29.1 Å². The molecule has 0 bridgehead atoms. The van der Waals surface area contributed by atoms with Crippen molar-refractivity contribution in [1.82, 2.24) is 15.3 Å². The average Bonchev–Trinajstić information content (AvgIpc) is 3.31. The van der Waals surface area contributed by atoms with Gasteiger partial charge >= 0.3 is 0 Å². The van der Waals surface area contributed by atoms with E-state index in [9.17, 15) is 5.26 Å². The van der Waals surface area contributed by atoms with Crippen molar-refractivity contribution in [3.05, 3.63) is 63.2 Å². The second-order valence-electron chi connectivity index (χ2n) is 5.78. The molecule has 0 spiro atoms. The van der Waals surface area contributed by atoms with Crippen molar-refractivity contribution in [2.24, 2.45) is 0 Å². The summed E-state index contributed by atoms with van der Waals surface area (Å²) >= 11 is 7.42. The summed E-state index contributed by atoms with van der Waals surface area (Å²) in [7, 11) is 0. The van der Waals surface area contributed by atoms with Gasteiger partial charge in [-0.1, -0.05) is 35.5 Å². The highest BCUT2D eigenvalue weighted by molar-refractivity contribution is 8.06. The zero-order chi connectivity index (χ0) is 17.2. The number of aromatic nitrogens is 2. The van der Waals surface area contributed by atoms with Gasteiger partial charge in [0.1, 0.15) is 11.6 Å². The average molecular weight is 368 g/mol. The highest BCUT2D eigenvalue weighted by Gasteiger charge is 2.23. The fourth-order valence-electron chi connectivity index (χ4n) is 2.39. The first-order valence-corrected chi connectivity index (χ1v) is 9.13. The van der Waals surface area contributed by atoms with Crippen molar-refractivity contribution < 1.29 is 0 Å². The number of anilines is 1. The van der Waals surface area contributed by atoms with Crippen molar-refractivity contribution >= 4 is 40.6 Å². The van der Waals surface area contributed by atoms with E-state index < -0.39 is 0 Å². The van der Waals surface area contributed by atoms with Gasteiger partial charge in [-0.2, -0.15) is 5.26 Å². The summed E-state index contributed by atoms with van der Waals surface area (Å²) in [5.41, 5.74) is 3.07. The monoisotopic (exact) mass is 367 g/mol. The van der Waals surface area contributed by atoms with Gasteiger partial charge in [-0.15, -0.1) is 0 Å². The Kier molecular flexibility index (Phi) is 4.35. The topological polar surface area (TPSA) is 73.6 Å². The maximum Gasteiger partial charge on any atom is 0.223 e. The molecule has 1 aliphatic carbocycles. The van der Waals surface area contributed by atoms with Crippen LogP contribution in [0.1, 0.15) is 24.1 Å². The Hall–Kier alpha value is -2.49. The Balaban J connectivity index is 1.58. The molecule has 1 aromatic heterocycles. The van der Waals surface area contributed by atoms with Crippen LogP contribution in [0.2, 0.25) is 5.02 Å². The maximum absolute atomic E-state index is 9.64. The zero-order valence-electron chi connectivity index (χ0n) is 13.2. The summed E-state index contributed by atoms with van der Waals surface area (Å²) in [5.74, 6) is 0.572. The molecule has 1 aromatic carbocycles. The molecule has 2 aliphatic rings. The van der Waals surface area contributed by atoms with Crippen molar-refractivity contribution in [3.8, 4) is 6.07 Å². The van der Waals surface area contributed by atoms with Crippen LogP contribution in [-0.2, 0) is 0 Å². The van der Waals surface area contributed by atoms with Crippen molar-refractivity contribution in [2.75, 3.05) is 5.32 Å². The first kappa shape index (κ1) is 16.0. The van der Waals surface area contributed by atoms with E-state index in [1.165, 1.54) is 11.8 Å². The van der Waals surface area contributed by atoms with Gasteiger partial charge in [0.15, 0.2) is 0 Å². The van der Waals surface area contributed by atoms with Gasteiger partial charge in [0.05, 0.1) is 16.4 Å². The number of hydrogen-bond donors (Lipinski definition) is 2. The molecule has 1 fully saturated rings. The number of benzene rings is 1. The van der Waals surface area contributed by atoms with Crippen LogP contribution >= 0.6 is 23.4 Å². The fraction of sp³-hybridized carbons (Fsp3) is 0.167. The SMILES string of the molecule is N#C/C(=C1/NC(c2ccc(Cl)cc2)=CS1)c1ccnc(NC2CC2)n1. The number of nitrogens with zero attached hydrogens (tertiary/aromatic N) is 3. The van der Waals surface area contributed by atoms with Crippen LogP contribution in [0.4, 0.5) is 5.95 Å². The second kappa shape index (κ2) is 6.79.